The summed E-state index contributed by atoms with van der Waals surface area (Å²) in [5, 5.41) is 11.4. The van der Waals surface area contributed by atoms with Crippen molar-refractivity contribution >= 4 is 29.1 Å². The van der Waals surface area contributed by atoms with Gasteiger partial charge in [-0.1, -0.05) is 31.2 Å². The summed E-state index contributed by atoms with van der Waals surface area (Å²) in [5.41, 5.74) is 3.60. The summed E-state index contributed by atoms with van der Waals surface area (Å²) < 4.78 is 10.9. The van der Waals surface area contributed by atoms with E-state index in [4.69, 9.17) is 9.47 Å². The van der Waals surface area contributed by atoms with Gasteiger partial charge in [-0.15, -0.1) is 0 Å². The molecule has 0 aromatic heterocycles. The predicted molar refractivity (Wildman–Crippen MR) is 139 cm³/mol. The van der Waals surface area contributed by atoms with Gasteiger partial charge in [0.05, 0.1) is 11.6 Å². The van der Waals surface area contributed by atoms with Crippen LogP contribution in [0.15, 0.2) is 72.3 Å². The maximum Gasteiger partial charge on any atom is 0.308 e. The number of nitrogens with zero attached hydrogens (tertiary/aromatic N) is 1. The highest BCUT2D eigenvalue weighted by molar-refractivity contribution is 6.51. The van der Waals surface area contributed by atoms with Crippen LogP contribution in [0.25, 0.3) is 5.76 Å². The average molecular weight is 498 g/mol. The normalized spacial score (nSPS) is 20.0. The molecule has 0 radical (unpaired) electrons. The number of carbonyl (C=O) groups is 3. The van der Waals surface area contributed by atoms with E-state index in [2.05, 4.69) is 0 Å². The van der Waals surface area contributed by atoms with Crippen LogP contribution < -0.4 is 14.4 Å². The molecular weight excluding hydrogens is 470 g/mol. The van der Waals surface area contributed by atoms with Crippen LogP contribution in [0.2, 0.25) is 0 Å². The summed E-state index contributed by atoms with van der Waals surface area (Å²) in [6.45, 7) is 5.31. The van der Waals surface area contributed by atoms with Crippen molar-refractivity contribution < 1.29 is 29.0 Å². The molecule has 0 aliphatic carbocycles. The maximum atomic E-state index is 13.4. The van der Waals surface area contributed by atoms with Gasteiger partial charge in [0.2, 0.25) is 0 Å². The molecule has 0 saturated carbocycles. The maximum absolute atomic E-state index is 13.4. The van der Waals surface area contributed by atoms with E-state index in [1.54, 1.807) is 54.6 Å². The summed E-state index contributed by atoms with van der Waals surface area (Å²) in [6.07, 6.45) is 1.55. The molecule has 1 fully saturated rings. The first-order chi connectivity index (χ1) is 17.8. The smallest absolute Gasteiger partial charge is 0.308 e. The zero-order valence-corrected chi connectivity index (χ0v) is 20.9. The van der Waals surface area contributed by atoms with Crippen LogP contribution in [0.5, 0.6) is 11.5 Å². The van der Waals surface area contributed by atoms with E-state index in [1.807, 2.05) is 26.0 Å². The number of anilines is 1. The number of aliphatic hydroxyl groups excluding tert-OH is 1. The quantitative estimate of drug-likeness (QED) is 0.173. The van der Waals surface area contributed by atoms with E-state index in [1.165, 1.54) is 11.8 Å². The lowest BCUT2D eigenvalue weighted by Crippen LogP contribution is -2.29. The second-order valence-electron chi connectivity index (χ2n) is 9.31. The molecule has 7 nitrogen and oxygen atoms in total. The van der Waals surface area contributed by atoms with Crippen molar-refractivity contribution in [2.45, 2.75) is 45.8 Å². The Morgan fingerprint density at radius 3 is 2.41 bits per heavy atom. The van der Waals surface area contributed by atoms with Gasteiger partial charge in [-0.25, -0.2) is 0 Å². The Bertz CT molecular complexity index is 1420. The number of ether oxygens (including phenoxy) is 2. The van der Waals surface area contributed by atoms with Crippen molar-refractivity contribution in [2.24, 2.45) is 0 Å². The second-order valence-corrected chi connectivity index (χ2v) is 9.31. The van der Waals surface area contributed by atoms with E-state index in [0.29, 0.717) is 29.0 Å². The molecule has 3 aromatic rings. The number of fused-ring (bicyclic) bond motifs is 1. The monoisotopic (exact) mass is 497 g/mol. The standard InChI is InChI=1S/C30H27NO6/c1-4-19-5-10-23(11-6-19)31-27(20-7-12-24(13-8-20)37-18(3)32)26(29(34)30(31)35)28(33)21-9-14-25-22(16-21)15-17(2)36-25/h5-14,16-17,27,33H,4,15H2,1-3H3/b28-26-. The molecule has 188 valence electrons. The molecule has 2 aliphatic rings. The van der Waals surface area contributed by atoms with Crippen LogP contribution >= 0.6 is 0 Å². The molecular formula is C30H27NO6. The largest absolute Gasteiger partial charge is 0.507 e. The molecule has 0 spiro atoms. The third-order valence-corrected chi connectivity index (χ3v) is 6.69. The molecule has 5 rings (SSSR count). The van der Waals surface area contributed by atoms with Crippen molar-refractivity contribution in [3.63, 3.8) is 0 Å². The van der Waals surface area contributed by atoms with Crippen LogP contribution in [0.1, 0.15) is 49.1 Å². The van der Waals surface area contributed by atoms with Gasteiger partial charge in [0.1, 0.15) is 23.4 Å². The number of rotatable bonds is 5. The molecule has 1 N–H and O–H groups in total. The Morgan fingerprint density at radius 1 is 1.05 bits per heavy atom. The van der Waals surface area contributed by atoms with Gasteiger partial charge in [-0.3, -0.25) is 19.3 Å². The number of Topliss-reactive ketones (excluding diaryl/α,β-unsaturated/α-hetero) is 1. The topological polar surface area (TPSA) is 93.1 Å². The van der Waals surface area contributed by atoms with Gasteiger partial charge in [-0.05, 0) is 72.5 Å². The molecule has 37 heavy (non-hydrogen) atoms. The molecule has 7 heteroatoms. The van der Waals surface area contributed by atoms with E-state index in [0.717, 1.165) is 23.3 Å². The van der Waals surface area contributed by atoms with Gasteiger partial charge < -0.3 is 14.6 Å². The number of hydrogen-bond acceptors (Lipinski definition) is 6. The Morgan fingerprint density at radius 2 is 1.76 bits per heavy atom. The van der Waals surface area contributed by atoms with Crippen molar-refractivity contribution in [1.29, 1.82) is 0 Å². The SMILES string of the molecule is CCc1ccc(N2C(=O)C(=O)/C(=C(\O)c3ccc4c(c3)CC(C)O4)C2c2ccc(OC(C)=O)cc2)cc1. The minimum atomic E-state index is -0.873. The minimum Gasteiger partial charge on any atom is -0.507 e. The second kappa shape index (κ2) is 9.58. The first-order valence-electron chi connectivity index (χ1n) is 12.2. The number of aliphatic hydroxyl groups is 1. The van der Waals surface area contributed by atoms with Crippen molar-refractivity contribution in [1.82, 2.24) is 0 Å². The average Bonchev–Trinajstić information content (AvgIpc) is 3.39. The van der Waals surface area contributed by atoms with E-state index >= 15 is 0 Å². The van der Waals surface area contributed by atoms with E-state index in [-0.39, 0.29) is 17.4 Å². The Balaban J connectivity index is 1.64. The van der Waals surface area contributed by atoms with Crippen molar-refractivity contribution in [2.75, 3.05) is 4.90 Å². The van der Waals surface area contributed by atoms with Gasteiger partial charge >= 0.3 is 5.97 Å². The van der Waals surface area contributed by atoms with Gasteiger partial charge in [0.25, 0.3) is 11.7 Å². The summed E-state index contributed by atoms with van der Waals surface area (Å²) in [5.74, 6) is -1.10. The van der Waals surface area contributed by atoms with Crippen LogP contribution in [0, 0.1) is 0 Å². The molecule has 2 atom stereocenters. The molecule has 2 aliphatic heterocycles. The fourth-order valence-electron chi connectivity index (χ4n) is 4.92. The number of ketones is 1. The predicted octanol–water partition coefficient (Wildman–Crippen LogP) is 5.12. The third kappa shape index (κ3) is 4.48. The number of amides is 1. The molecule has 0 bridgehead atoms. The fraction of sp³-hybridized carbons (Fsp3) is 0.233. The van der Waals surface area contributed by atoms with Gasteiger partial charge in [0, 0.05) is 24.6 Å². The van der Waals surface area contributed by atoms with Crippen LogP contribution in [-0.4, -0.2) is 28.9 Å². The highest BCUT2D eigenvalue weighted by Crippen LogP contribution is 2.43. The lowest BCUT2D eigenvalue weighted by Gasteiger charge is -2.25. The van der Waals surface area contributed by atoms with Crippen LogP contribution in [-0.2, 0) is 27.2 Å². The zero-order chi connectivity index (χ0) is 26.3. The Kier molecular flexibility index (Phi) is 6.29. The molecule has 1 saturated heterocycles. The number of benzene rings is 3. The van der Waals surface area contributed by atoms with E-state index in [9.17, 15) is 19.5 Å². The van der Waals surface area contributed by atoms with Gasteiger partial charge in [0.15, 0.2) is 0 Å². The number of aryl methyl sites for hydroxylation is 1. The Labute approximate surface area is 214 Å². The first-order valence-corrected chi connectivity index (χ1v) is 12.2. The number of esters is 1. The minimum absolute atomic E-state index is 0.00304. The lowest BCUT2D eigenvalue weighted by molar-refractivity contribution is -0.132. The molecule has 2 heterocycles. The van der Waals surface area contributed by atoms with Crippen molar-refractivity contribution in [3.8, 4) is 11.5 Å². The van der Waals surface area contributed by atoms with E-state index < -0.39 is 23.7 Å². The summed E-state index contributed by atoms with van der Waals surface area (Å²) in [6, 6.07) is 18.4. The highest BCUT2D eigenvalue weighted by Gasteiger charge is 2.47. The molecule has 3 aromatic carbocycles. The van der Waals surface area contributed by atoms with Gasteiger partial charge in [-0.2, -0.15) is 0 Å². The summed E-state index contributed by atoms with van der Waals surface area (Å²) in [7, 11) is 0. The highest BCUT2D eigenvalue weighted by atomic mass is 16.5. The zero-order valence-electron chi connectivity index (χ0n) is 20.9. The van der Waals surface area contributed by atoms with Crippen LogP contribution in [0.3, 0.4) is 0 Å². The fourth-order valence-corrected chi connectivity index (χ4v) is 4.92. The molecule has 2 unspecified atom stereocenters. The first kappa shape index (κ1) is 24.3. The number of hydrogen-bond donors (Lipinski definition) is 1. The lowest BCUT2D eigenvalue weighted by atomic mass is 9.94. The number of carbonyl (C=O) groups excluding carboxylic acids is 3. The summed E-state index contributed by atoms with van der Waals surface area (Å²) >= 11 is 0. The Hall–Kier alpha value is -4.39. The van der Waals surface area contributed by atoms with Crippen LogP contribution in [0.4, 0.5) is 5.69 Å². The third-order valence-electron chi connectivity index (χ3n) is 6.69. The molecule has 1 amide bonds. The summed E-state index contributed by atoms with van der Waals surface area (Å²) in [4.78, 5) is 39.5. The van der Waals surface area contributed by atoms with Crippen molar-refractivity contribution in [3.05, 3.63) is 94.6 Å².